The van der Waals surface area contributed by atoms with E-state index in [0.29, 0.717) is 24.2 Å². The van der Waals surface area contributed by atoms with Crippen LogP contribution in [0.25, 0.3) is 0 Å². The molecule has 0 radical (unpaired) electrons. The molecule has 26 heavy (non-hydrogen) atoms. The standard InChI is InChI=1S/C21H31NO4/c1-12(23)26-14-6-8-20(2)13(10-14)4-5-15-16(20)7-9-21(3)17(15)11-18(24)22-19(21)25/h13-17H,4-11H2,1-3H3,(H,22,24,25)/t13-,14+,15-,16-,17+,20-,21-/m0/s1. The summed E-state index contributed by atoms with van der Waals surface area (Å²) in [6, 6.07) is 0. The molecule has 1 saturated heterocycles. The Kier molecular flexibility index (Phi) is 4.20. The van der Waals surface area contributed by atoms with E-state index in [1.54, 1.807) is 0 Å². The molecule has 0 aromatic heterocycles. The normalized spacial score (nSPS) is 47.9. The molecule has 1 aliphatic heterocycles. The minimum absolute atomic E-state index is 0.0527. The molecular weight excluding hydrogens is 330 g/mol. The van der Waals surface area contributed by atoms with E-state index in [1.807, 2.05) is 0 Å². The van der Waals surface area contributed by atoms with E-state index in [0.717, 1.165) is 44.9 Å². The second-order valence-electron chi connectivity index (χ2n) is 9.70. The van der Waals surface area contributed by atoms with Gasteiger partial charge in [0.1, 0.15) is 6.10 Å². The van der Waals surface area contributed by atoms with E-state index < -0.39 is 0 Å². The molecule has 2 amide bonds. The number of hydrogen-bond acceptors (Lipinski definition) is 4. The Morgan fingerprint density at radius 1 is 1.08 bits per heavy atom. The zero-order valence-corrected chi connectivity index (χ0v) is 16.2. The van der Waals surface area contributed by atoms with Crippen LogP contribution in [-0.2, 0) is 19.1 Å². The van der Waals surface area contributed by atoms with Crippen molar-refractivity contribution in [2.24, 2.45) is 34.5 Å². The summed E-state index contributed by atoms with van der Waals surface area (Å²) in [4.78, 5) is 36.0. The molecule has 4 aliphatic rings. The summed E-state index contributed by atoms with van der Waals surface area (Å²) >= 11 is 0. The predicted octanol–water partition coefficient (Wildman–Crippen LogP) is 3.21. The molecule has 5 heteroatoms. The summed E-state index contributed by atoms with van der Waals surface area (Å²) in [5, 5.41) is 2.58. The average Bonchev–Trinajstić information content (AvgIpc) is 2.56. The molecular formula is C21H31NO4. The van der Waals surface area contributed by atoms with E-state index in [9.17, 15) is 14.4 Å². The van der Waals surface area contributed by atoms with Crippen LogP contribution in [0.2, 0.25) is 0 Å². The SMILES string of the molecule is CC(=O)O[C@@H]1CC[C@@]2(C)[C@@H](CC[C@@H]3[C@H]4CC(=O)NC(=O)[C@@]4(C)CC[C@@H]32)C1. The molecule has 1 N–H and O–H groups in total. The summed E-state index contributed by atoms with van der Waals surface area (Å²) < 4.78 is 5.51. The maximum atomic E-state index is 12.6. The van der Waals surface area contributed by atoms with Crippen molar-refractivity contribution in [3.63, 3.8) is 0 Å². The minimum Gasteiger partial charge on any atom is -0.463 e. The molecule has 5 nitrogen and oxygen atoms in total. The Morgan fingerprint density at radius 3 is 2.58 bits per heavy atom. The van der Waals surface area contributed by atoms with Gasteiger partial charge in [-0.1, -0.05) is 13.8 Å². The summed E-state index contributed by atoms with van der Waals surface area (Å²) in [5.74, 6) is 1.50. The molecule has 4 rings (SSSR count). The van der Waals surface area contributed by atoms with Crippen molar-refractivity contribution in [3.8, 4) is 0 Å². The number of nitrogens with one attached hydrogen (secondary N) is 1. The maximum absolute atomic E-state index is 12.6. The minimum atomic E-state index is -0.382. The number of hydrogen-bond donors (Lipinski definition) is 1. The summed E-state index contributed by atoms with van der Waals surface area (Å²) in [6.07, 6.45) is 7.74. The van der Waals surface area contributed by atoms with Crippen LogP contribution in [0, 0.1) is 34.5 Å². The topological polar surface area (TPSA) is 72.5 Å². The van der Waals surface area contributed by atoms with E-state index in [2.05, 4.69) is 19.2 Å². The van der Waals surface area contributed by atoms with Crippen LogP contribution in [0.1, 0.15) is 72.1 Å². The Bertz CT molecular complexity index is 646. The van der Waals surface area contributed by atoms with Crippen LogP contribution in [0.5, 0.6) is 0 Å². The van der Waals surface area contributed by atoms with Gasteiger partial charge in [0.05, 0.1) is 5.41 Å². The van der Waals surface area contributed by atoms with Crippen LogP contribution in [0.3, 0.4) is 0 Å². The summed E-state index contributed by atoms with van der Waals surface area (Å²) in [7, 11) is 0. The number of rotatable bonds is 1. The first-order valence-electron chi connectivity index (χ1n) is 10.3. The molecule has 0 aromatic carbocycles. The van der Waals surface area contributed by atoms with Gasteiger partial charge in [0, 0.05) is 13.3 Å². The van der Waals surface area contributed by atoms with Crippen molar-refractivity contribution < 1.29 is 19.1 Å². The first-order chi connectivity index (χ1) is 12.2. The zero-order valence-electron chi connectivity index (χ0n) is 16.2. The van der Waals surface area contributed by atoms with Crippen molar-refractivity contribution in [2.75, 3.05) is 0 Å². The van der Waals surface area contributed by atoms with Gasteiger partial charge < -0.3 is 4.74 Å². The fourth-order valence-electron chi connectivity index (χ4n) is 7.06. The second kappa shape index (κ2) is 6.07. The fraction of sp³-hybridized carbons (Fsp3) is 0.857. The Balaban J connectivity index is 1.57. The number of esters is 1. The molecule has 0 unspecified atom stereocenters. The van der Waals surface area contributed by atoms with Crippen LogP contribution in [-0.4, -0.2) is 23.9 Å². The highest BCUT2D eigenvalue weighted by Crippen LogP contribution is 2.64. The van der Waals surface area contributed by atoms with Gasteiger partial charge in [0.25, 0.3) is 0 Å². The van der Waals surface area contributed by atoms with Gasteiger partial charge in [0.2, 0.25) is 11.8 Å². The number of amides is 2. The molecule has 7 atom stereocenters. The van der Waals surface area contributed by atoms with E-state index in [1.165, 1.54) is 6.92 Å². The lowest BCUT2D eigenvalue weighted by Gasteiger charge is -2.61. The monoisotopic (exact) mass is 361 g/mol. The van der Waals surface area contributed by atoms with Gasteiger partial charge in [-0.05, 0) is 74.0 Å². The van der Waals surface area contributed by atoms with Crippen LogP contribution in [0.4, 0.5) is 0 Å². The van der Waals surface area contributed by atoms with Crippen molar-refractivity contribution in [3.05, 3.63) is 0 Å². The number of carbonyl (C=O) groups is 3. The van der Waals surface area contributed by atoms with Crippen LogP contribution >= 0.6 is 0 Å². The van der Waals surface area contributed by atoms with Crippen LogP contribution in [0.15, 0.2) is 0 Å². The van der Waals surface area contributed by atoms with Gasteiger partial charge in [-0.2, -0.15) is 0 Å². The summed E-state index contributed by atoms with van der Waals surface area (Å²) in [5.41, 5.74) is -0.134. The van der Waals surface area contributed by atoms with Crippen molar-refractivity contribution in [1.82, 2.24) is 5.32 Å². The van der Waals surface area contributed by atoms with Gasteiger partial charge in [-0.3, -0.25) is 19.7 Å². The van der Waals surface area contributed by atoms with Crippen LogP contribution < -0.4 is 5.32 Å². The highest BCUT2D eigenvalue weighted by Gasteiger charge is 2.60. The average molecular weight is 361 g/mol. The van der Waals surface area contributed by atoms with Crippen molar-refractivity contribution in [1.29, 1.82) is 0 Å². The first-order valence-corrected chi connectivity index (χ1v) is 10.3. The van der Waals surface area contributed by atoms with E-state index >= 15 is 0 Å². The molecule has 3 saturated carbocycles. The largest absolute Gasteiger partial charge is 0.463 e. The molecule has 4 fully saturated rings. The number of piperidine rings is 1. The molecule has 3 aliphatic carbocycles. The van der Waals surface area contributed by atoms with Crippen molar-refractivity contribution >= 4 is 17.8 Å². The number of imide groups is 1. The third kappa shape index (κ3) is 2.61. The highest BCUT2D eigenvalue weighted by molar-refractivity contribution is 6.01. The predicted molar refractivity (Wildman–Crippen MR) is 95.8 cm³/mol. The molecule has 0 aromatic rings. The lowest BCUT2D eigenvalue weighted by molar-refractivity contribution is -0.170. The lowest BCUT2D eigenvalue weighted by atomic mass is 9.44. The quantitative estimate of drug-likeness (QED) is 0.575. The van der Waals surface area contributed by atoms with Gasteiger partial charge in [-0.25, -0.2) is 0 Å². The van der Waals surface area contributed by atoms with E-state index in [-0.39, 0.29) is 40.6 Å². The lowest BCUT2D eigenvalue weighted by Crippen LogP contribution is -2.61. The fourth-order valence-corrected chi connectivity index (χ4v) is 7.06. The second-order valence-corrected chi connectivity index (χ2v) is 9.70. The third-order valence-corrected chi connectivity index (χ3v) is 8.52. The highest BCUT2D eigenvalue weighted by atomic mass is 16.5. The number of carbonyl (C=O) groups excluding carboxylic acids is 3. The number of fused-ring (bicyclic) bond motifs is 5. The maximum Gasteiger partial charge on any atom is 0.302 e. The van der Waals surface area contributed by atoms with E-state index in [4.69, 9.17) is 4.74 Å². The molecule has 1 heterocycles. The third-order valence-electron chi connectivity index (χ3n) is 8.52. The Morgan fingerprint density at radius 2 is 1.85 bits per heavy atom. The summed E-state index contributed by atoms with van der Waals surface area (Å²) in [6.45, 7) is 5.99. The van der Waals surface area contributed by atoms with Crippen molar-refractivity contribution in [2.45, 2.75) is 78.2 Å². The van der Waals surface area contributed by atoms with Gasteiger partial charge >= 0.3 is 5.97 Å². The van der Waals surface area contributed by atoms with Gasteiger partial charge in [-0.15, -0.1) is 0 Å². The molecule has 0 bridgehead atoms. The zero-order chi connectivity index (χ0) is 18.7. The Hall–Kier alpha value is -1.39. The molecule has 144 valence electrons. The van der Waals surface area contributed by atoms with Gasteiger partial charge in [0.15, 0.2) is 0 Å². The Labute approximate surface area is 155 Å². The number of ether oxygens (including phenoxy) is 1. The molecule has 0 spiro atoms. The smallest absolute Gasteiger partial charge is 0.302 e. The first kappa shape index (κ1) is 18.0.